The number of anilines is 2. The average molecular weight is 250 g/mol. The summed E-state index contributed by atoms with van der Waals surface area (Å²) in [5.41, 5.74) is 0.882. The third-order valence-electron chi connectivity index (χ3n) is 2.46. The first-order valence-electron chi connectivity index (χ1n) is 5.17. The highest BCUT2D eigenvalue weighted by Gasteiger charge is 2.17. The molecule has 2 aromatic rings. The number of nitrogens with zero attached hydrogens (tertiary/aromatic N) is 3. The minimum Gasteiger partial charge on any atom is -0.347 e. The van der Waals surface area contributed by atoms with E-state index in [0.717, 1.165) is 6.07 Å². The van der Waals surface area contributed by atoms with E-state index in [4.69, 9.17) is 0 Å². The van der Waals surface area contributed by atoms with Crippen molar-refractivity contribution in [3.05, 3.63) is 46.0 Å². The summed E-state index contributed by atoms with van der Waals surface area (Å²) in [6.45, 7) is 1.55. The molecule has 0 unspecified atom stereocenters. The van der Waals surface area contributed by atoms with Crippen molar-refractivity contribution in [2.45, 2.75) is 6.92 Å². The molecule has 1 aromatic heterocycles. The van der Waals surface area contributed by atoms with E-state index in [1.165, 1.54) is 12.3 Å². The lowest BCUT2D eigenvalue weighted by atomic mass is 10.1. The standard InChI is InChI=1S/C11H11FN4O2/c1-7-3-10(11(16(17)18)4-9(7)12)14-8-5-13-15(2)6-8/h3-6,14H,1-2H3. The van der Waals surface area contributed by atoms with E-state index in [-0.39, 0.29) is 11.4 Å². The number of hydrogen-bond donors (Lipinski definition) is 1. The summed E-state index contributed by atoms with van der Waals surface area (Å²) in [6.07, 6.45) is 3.20. The van der Waals surface area contributed by atoms with Crippen molar-refractivity contribution >= 4 is 17.1 Å². The van der Waals surface area contributed by atoms with Crippen molar-refractivity contribution in [3.63, 3.8) is 0 Å². The lowest BCUT2D eigenvalue weighted by molar-refractivity contribution is -0.384. The number of rotatable bonds is 3. The second kappa shape index (κ2) is 4.44. The Bertz CT molecular complexity index is 609. The Labute approximate surface area is 102 Å². The maximum atomic E-state index is 13.3. The SMILES string of the molecule is Cc1cc(Nc2cnn(C)c2)c([N+](=O)[O-])cc1F. The summed E-state index contributed by atoms with van der Waals surface area (Å²) >= 11 is 0. The molecule has 0 atom stereocenters. The van der Waals surface area contributed by atoms with Crippen molar-refractivity contribution in [2.24, 2.45) is 7.05 Å². The fourth-order valence-corrected chi connectivity index (χ4v) is 1.56. The molecule has 2 rings (SSSR count). The van der Waals surface area contributed by atoms with Crippen LogP contribution in [0.15, 0.2) is 24.5 Å². The molecule has 1 N–H and O–H groups in total. The number of nitro benzene ring substituents is 1. The Morgan fingerprint density at radius 2 is 2.22 bits per heavy atom. The lowest BCUT2D eigenvalue weighted by Gasteiger charge is -2.06. The molecule has 0 saturated carbocycles. The predicted octanol–water partition coefficient (Wildman–Crippen LogP) is 2.52. The number of nitrogens with one attached hydrogen (secondary N) is 1. The number of aromatic nitrogens is 2. The quantitative estimate of drug-likeness (QED) is 0.671. The highest BCUT2D eigenvalue weighted by atomic mass is 19.1. The van der Waals surface area contributed by atoms with E-state index in [9.17, 15) is 14.5 Å². The summed E-state index contributed by atoms with van der Waals surface area (Å²) in [4.78, 5) is 10.2. The summed E-state index contributed by atoms with van der Waals surface area (Å²) in [5.74, 6) is -0.599. The molecule has 0 aliphatic carbocycles. The van der Waals surface area contributed by atoms with Gasteiger partial charge < -0.3 is 5.32 Å². The Morgan fingerprint density at radius 3 is 2.78 bits per heavy atom. The molecule has 0 amide bonds. The van der Waals surface area contributed by atoms with E-state index < -0.39 is 10.7 Å². The molecule has 7 heteroatoms. The first-order valence-corrected chi connectivity index (χ1v) is 5.17. The van der Waals surface area contributed by atoms with Crippen molar-refractivity contribution in [1.29, 1.82) is 0 Å². The van der Waals surface area contributed by atoms with Crippen LogP contribution in [-0.4, -0.2) is 14.7 Å². The summed E-state index contributed by atoms with van der Waals surface area (Å²) < 4.78 is 14.9. The molecular formula is C11H11FN4O2. The van der Waals surface area contributed by atoms with Crippen LogP contribution in [0.25, 0.3) is 0 Å². The minimum absolute atomic E-state index is 0.243. The minimum atomic E-state index is -0.624. The molecule has 6 nitrogen and oxygen atoms in total. The smallest absolute Gasteiger partial charge is 0.295 e. The Kier molecular flexibility index (Phi) is 2.97. The van der Waals surface area contributed by atoms with Crippen molar-refractivity contribution in [1.82, 2.24) is 9.78 Å². The van der Waals surface area contributed by atoms with E-state index in [0.29, 0.717) is 11.3 Å². The van der Waals surface area contributed by atoms with Crippen LogP contribution in [0.4, 0.5) is 21.5 Å². The highest BCUT2D eigenvalue weighted by Crippen LogP contribution is 2.29. The molecule has 1 aromatic carbocycles. The van der Waals surface area contributed by atoms with Gasteiger partial charge in [0.05, 0.1) is 22.9 Å². The number of hydrogen-bond acceptors (Lipinski definition) is 4. The number of halogens is 1. The zero-order valence-corrected chi connectivity index (χ0v) is 9.85. The van der Waals surface area contributed by atoms with Crippen LogP contribution in [0.1, 0.15) is 5.56 Å². The molecule has 0 radical (unpaired) electrons. The van der Waals surface area contributed by atoms with Crippen molar-refractivity contribution < 1.29 is 9.31 Å². The first-order chi connectivity index (χ1) is 8.47. The van der Waals surface area contributed by atoms with Gasteiger partial charge in [-0.2, -0.15) is 5.10 Å². The zero-order valence-electron chi connectivity index (χ0n) is 9.85. The molecule has 94 valence electrons. The van der Waals surface area contributed by atoms with Gasteiger partial charge in [0.1, 0.15) is 11.5 Å². The van der Waals surface area contributed by atoms with Gasteiger partial charge in [0.2, 0.25) is 0 Å². The third kappa shape index (κ3) is 2.29. The highest BCUT2D eigenvalue weighted by molar-refractivity contribution is 5.69. The monoisotopic (exact) mass is 250 g/mol. The van der Waals surface area contributed by atoms with Crippen LogP contribution >= 0.6 is 0 Å². The van der Waals surface area contributed by atoms with E-state index in [2.05, 4.69) is 10.4 Å². The molecule has 0 saturated heterocycles. The van der Waals surface area contributed by atoms with Gasteiger partial charge in [-0.3, -0.25) is 14.8 Å². The Hall–Kier alpha value is -2.44. The Morgan fingerprint density at radius 1 is 1.50 bits per heavy atom. The zero-order chi connectivity index (χ0) is 13.3. The van der Waals surface area contributed by atoms with Crippen LogP contribution in [0, 0.1) is 22.9 Å². The van der Waals surface area contributed by atoms with Gasteiger partial charge in [-0.05, 0) is 18.6 Å². The summed E-state index contributed by atoms with van der Waals surface area (Å²) in [6, 6.07) is 2.31. The number of benzene rings is 1. The van der Waals surface area contributed by atoms with Crippen LogP contribution in [0.2, 0.25) is 0 Å². The first kappa shape index (κ1) is 12.0. The van der Waals surface area contributed by atoms with E-state index >= 15 is 0 Å². The van der Waals surface area contributed by atoms with Crippen LogP contribution in [0.3, 0.4) is 0 Å². The number of aryl methyl sites for hydroxylation is 2. The molecule has 0 aliphatic heterocycles. The van der Waals surface area contributed by atoms with E-state index in [1.54, 1.807) is 24.9 Å². The van der Waals surface area contributed by atoms with Crippen molar-refractivity contribution in [3.8, 4) is 0 Å². The van der Waals surface area contributed by atoms with Gasteiger partial charge in [-0.25, -0.2) is 4.39 Å². The second-order valence-electron chi connectivity index (χ2n) is 3.90. The van der Waals surface area contributed by atoms with Gasteiger partial charge in [0, 0.05) is 13.2 Å². The summed E-state index contributed by atoms with van der Waals surface area (Å²) in [7, 11) is 1.73. The maximum Gasteiger partial charge on any atom is 0.295 e. The fourth-order valence-electron chi connectivity index (χ4n) is 1.56. The fraction of sp³-hybridized carbons (Fsp3) is 0.182. The molecule has 0 fully saturated rings. The summed E-state index contributed by atoms with van der Waals surface area (Å²) in [5, 5.41) is 17.6. The molecule has 0 spiro atoms. The van der Waals surface area contributed by atoms with Gasteiger partial charge >= 0.3 is 0 Å². The lowest BCUT2D eigenvalue weighted by Crippen LogP contribution is -1.99. The van der Waals surface area contributed by atoms with Crippen LogP contribution < -0.4 is 5.32 Å². The topological polar surface area (TPSA) is 73.0 Å². The van der Waals surface area contributed by atoms with Gasteiger partial charge in [-0.1, -0.05) is 0 Å². The molecule has 0 bridgehead atoms. The molecule has 1 heterocycles. The largest absolute Gasteiger partial charge is 0.347 e. The van der Waals surface area contributed by atoms with Gasteiger partial charge in [0.25, 0.3) is 5.69 Å². The molecule has 18 heavy (non-hydrogen) atoms. The van der Waals surface area contributed by atoms with Gasteiger partial charge in [0.15, 0.2) is 0 Å². The van der Waals surface area contributed by atoms with Crippen LogP contribution in [0.5, 0.6) is 0 Å². The Balaban J connectivity index is 2.42. The molecule has 0 aliphatic rings. The maximum absolute atomic E-state index is 13.3. The second-order valence-corrected chi connectivity index (χ2v) is 3.90. The third-order valence-corrected chi connectivity index (χ3v) is 2.46. The van der Waals surface area contributed by atoms with Crippen molar-refractivity contribution in [2.75, 3.05) is 5.32 Å². The van der Waals surface area contributed by atoms with Crippen LogP contribution in [-0.2, 0) is 7.05 Å². The average Bonchev–Trinajstić information content (AvgIpc) is 2.68. The van der Waals surface area contributed by atoms with E-state index in [1.807, 2.05) is 0 Å². The molecular weight excluding hydrogens is 239 g/mol. The van der Waals surface area contributed by atoms with Gasteiger partial charge in [-0.15, -0.1) is 0 Å². The predicted molar refractivity (Wildman–Crippen MR) is 64.3 cm³/mol. The normalized spacial score (nSPS) is 10.4. The number of nitro groups is 1.